The maximum Gasteiger partial charge on any atom is 0.134 e. The number of rotatable bonds is 5. The van der Waals surface area contributed by atoms with Crippen LogP contribution in [0.1, 0.15) is 22.4 Å². The molecule has 1 aromatic carbocycles. The van der Waals surface area contributed by atoms with E-state index in [0.717, 1.165) is 60.0 Å². The fourth-order valence-corrected chi connectivity index (χ4v) is 3.35. The van der Waals surface area contributed by atoms with E-state index < -0.39 is 0 Å². The molecule has 5 nitrogen and oxygen atoms in total. The fraction of sp³-hybridized carbons (Fsp3) is 0.286. The van der Waals surface area contributed by atoms with E-state index >= 15 is 0 Å². The number of fused-ring (bicyclic) bond motifs is 1. The molecule has 0 saturated carbocycles. The number of hydrogen-bond acceptors (Lipinski definition) is 5. The maximum atomic E-state index is 13.3. The predicted molar refractivity (Wildman–Crippen MR) is 104 cm³/mol. The molecule has 0 fully saturated rings. The summed E-state index contributed by atoms with van der Waals surface area (Å²) in [5.41, 5.74) is 4.32. The molecule has 27 heavy (non-hydrogen) atoms. The molecular formula is C21H22FN5. The molecule has 0 radical (unpaired) electrons. The van der Waals surface area contributed by atoms with Crippen LogP contribution in [0.3, 0.4) is 0 Å². The van der Waals surface area contributed by atoms with E-state index in [9.17, 15) is 4.39 Å². The number of pyridine rings is 1. The minimum absolute atomic E-state index is 0.201. The van der Waals surface area contributed by atoms with Gasteiger partial charge >= 0.3 is 0 Å². The second-order valence-corrected chi connectivity index (χ2v) is 6.82. The highest BCUT2D eigenvalue weighted by Crippen LogP contribution is 2.26. The first kappa shape index (κ1) is 17.4. The van der Waals surface area contributed by atoms with E-state index in [2.05, 4.69) is 37.3 Å². The van der Waals surface area contributed by atoms with Gasteiger partial charge in [-0.15, -0.1) is 0 Å². The summed E-state index contributed by atoms with van der Waals surface area (Å²) >= 11 is 0. The molecule has 0 unspecified atom stereocenters. The van der Waals surface area contributed by atoms with Crippen LogP contribution < -0.4 is 10.2 Å². The number of nitrogens with one attached hydrogen (secondary N) is 1. The lowest BCUT2D eigenvalue weighted by molar-refractivity contribution is 0.625. The van der Waals surface area contributed by atoms with Crippen molar-refractivity contribution in [1.82, 2.24) is 15.0 Å². The minimum Gasteiger partial charge on any atom is -0.369 e. The Kier molecular flexibility index (Phi) is 4.96. The Hall–Kier alpha value is -3.02. The zero-order valence-electron chi connectivity index (χ0n) is 15.3. The van der Waals surface area contributed by atoms with E-state index in [-0.39, 0.29) is 5.82 Å². The van der Waals surface area contributed by atoms with Gasteiger partial charge in [0.1, 0.15) is 23.8 Å². The lowest BCUT2D eigenvalue weighted by Gasteiger charge is -2.30. The third kappa shape index (κ3) is 4.05. The molecule has 138 valence electrons. The molecular weight excluding hydrogens is 341 g/mol. The summed E-state index contributed by atoms with van der Waals surface area (Å²) < 4.78 is 13.3. The summed E-state index contributed by atoms with van der Waals surface area (Å²) in [6.07, 6.45) is 5.11. The first-order valence-electron chi connectivity index (χ1n) is 9.18. The van der Waals surface area contributed by atoms with Crippen LogP contribution >= 0.6 is 0 Å². The van der Waals surface area contributed by atoms with Crippen molar-refractivity contribution in [3.05, 3.63) is 77.1 Å². The Labute approximate surface area is 158 Å². The normalized spacial score (nSPS) is 13.3. The summed E-state index contributed by atoms with van der Waals surface area (Å²) in [7, 11) is 0. The quantitative estimate of drug-likeness (QED) is 0.751. The van der Waals surface area contributed by atoms with Gasteiger partial charge in [-0.1, -0.05) is 18.2 Å². The fourth-order valence-electron chi connectivity index (χ4n) is 3.35. The van der Waals surface area contributed by atoms with Crippen molar-refractivity contribution >= 4 is 11.6 Å². The van der Waals surface area contributed by atoms with Gasteiger partial charge in [0.25, 0.3) is 0 Å². The largest absolute Gasteiger partial charge is 0.369 e. The molecule has 3 heterocycles. The first-order chi connectivity index (χ1) is 13.2. The van der Waals surface area contributed by atoms with Crippen LogP contribution in [0, 0.1) is 12.7 Å². The van der Waals surface area contributed by atoms with Gasteiger partial charge in [-0.25, -0.2) is 19.3 Å². The Morgan fingerprint density at radius 3 is 2.89 bits per heavy atom. The standard InChI is InChI=1S/C21H22FN5/c1-15-5-6-20(24-12-15)27-10-8-19-18(13-27)21(26-14-25-19)23-9-7-16-3-2-4-17(22)11-16/h2-6,11-12,14H,7-10,13H2,1H3,(H,23,25,26). The number of aryl methyl sites for hydroxylation is 1. The Balaban J connectivity index is 1.47. The van der Waals surface area contributed by atoms with E-state index in [1.54, 1.807) is 18.5 Å². The van der Waals surface area contributed by atoms with Crippen molar-refractivity contribution in [2.24, 2.45) is 0 Å². The van der Waals surface area contributed by atoms with E-state index in [4.69, 9.17) is 0 Å². The highest BCUT2D eigenvalue weighted by molar-refractivity contribution is 5.52. The summed E-state index contributed by atoms with van der Waals surface area (Å²) in [6.45, 7) is 4.35. The zero-order chi connectivity index (χ0) is 18.6. The molecule has 1 N–H and O–H groups in total. The van der Waals surface area contributed by atoms with E-state index in [1.165, 1.54) is 6.07 Å². The molecule has 4 rings (SSSR count). The zero-order valence-corrected chi connectivity index (χ0v) is 15.3. The monoisotopic (exact) mass is 363 g/mol. The topological polar surface area (TPSA) is 53.9 Å². The van der Waals surface area contributed by atoms with Gasteiger partial charge in [-0.3, -0.25) is 0 Å². The second-order valence-electron chi connectivity index (χ2n) is 6.82. The molecule has 0 saturated heterocycles. The van der Waals surface area contributed by atoms with Crippen molar-refractivity contribution in [2.45, 2.75) is 26.3 Å². The highest BCUT2D eigenvalue weighted by atomic mass is 19.1. The van der Waals surface area contributed by atoms with Gasteiger partial charge in [-0.05, 0) is 42.7 Å². The summed E-state index contributed by atoms with van der Waals surface area (Å²) in [4.78, 5) is 15.7. The molecule has 6 heteroatoms. The van der Waals surface area contributed by atoms with Crippen molar-refractivity contribution in [1.29, 1.82) is 0 Å². The predicted octanol–water partition coefficient (Wildman–Crippen LogP) is 3.54. The van der Waals surface area contributed by atoms with Gasteiger partial charge in [0.2, 0.25) is 0 Å². The molecule has 3 aromatic rings. The number of hydrogen-bond donors (Lipinski definition) is 1. The van der Waals surface area contributed by atoms with Crippen molar-refractivity contribution in [3.63, 3.8) is 0 Å². The van der Waals surface area contributed by atoms with Crippen molar-refractivity contribution in [3.8, 4) is 0 Å². The molecule has 1 aliphatic heterocycles. The van der Waals surface area contributed by atoms with E-state index in [1.807, 2.05) is 19.2 Å². The number of aromatic nitrogens is 3. The van der Waals surface area contributed by atoms with Gasteiger partial charge in [-0.2, -0.15) is 0 Å². The number of nitrogens with zero attached hydrogens (tertiary/aromatic N) is 4. The van der Waals surface area contributed by atoms with E-state index in [0.29, 0.717) is 6.54 Å². The van der Waals surface area contributed by atoms with Gasteiger partial charge in [0, 0.05) is 37.8 Å². The number of benzene rings is 1. The molecule has 2 aromatic heterocycles. The lowest BCUT2D eigenvalue weighted by Crippen LogP contribution is -2.32. The number of halogens is 1. The van der Waals surface area contributed by atoms with Crippen molar-refractivity contribution < 1.29 is 4.39 Å². The Bertz CT molecular complexity index is 926. The molecule has 0 spiro atoms. The van der Waals surface area contributed by atoms with Crippen LogP contribution in [-0.2, 0) is 19.4 Å². The summed E-state index contributed by atoms with van der Waals surface area (Å²) in [6, 6.07) is 10.8. The summed E-state index contributed by atoms with van der Waals surface area (Å²) in [5, 5.41) is 3.40. The average molecular weight is 363 g/mol. The number of anilines is 2. The van der Waals surface area contributed by atoms with Gasteiger partial charge in [0.05, 0.1) is 5.69 Å². The smallest absolute Gasteiger partial charge is 0.134 e. The molecule has 0 aliphatic carbocycles. The van der Waals surface area contributed by atoms with Crippen LogP contribution in [0.5, 0.6) is 0 Å². The molecule has 1 aliphatic rings. The third-order valence-corrected chi connectivity index (χ3v) is 4.82. The van der Waals surface area contributed by atoms with Crippen LogP contribution in [0.15, 0.2) is 48.9 Å². The van der Waals surface area contributed by atoms with Crippen molar-refractivity contribution in [2.75, 3.05) is 23.3 Å². The summed E-state index contributed by atoms with van der Waals surface area (Å²) in [5.74, 6) is 1.63. The van der Waals surface area contributed by atoms with Crippen LogP contribution in [-0.4, -0.2) is 28.0 Å². The van der Waals surface area contributed by atoms with Crippen LogP contribution in [0.25, 0.3) is 0 Å². The Morgan fingerprint density at radius 1 is 1.15 bits per heavy atom. The Morgan fingerprint density at radius 2 is 2.07 bits per heavy atom. The van der Waals surface area contributed by atoms with Gasteiger partial charge < -0.3 is 10.2 Å². The molecule has 0 atom stereocenters. The van der Waals surface area contributed by atoms with Crippen LogP contribution in [0.2, 0.25) is 0 Å². The average Bonchev–Trinajstić information content (AvgIpc) is 2.68. The SMILES string of the molecule is Cc1ccc(N2CCc3ncnc(NCCc4cccc(F)c4)c3C2)nc1. The maximum absolute atomic E-state index is 13.3. The lowest BCUT2D eigenvalue weighted by atomic mass is 10.1. The second kappa shape index (κ2) is 7.70. The molecule has 0 bridgehead atoms. The van der Waals surface area contributed by atoms with Gasteiger partial charge in [0.15, 0.2) is 0 Å². The molecule has 0 amide bonds. The third-order valence-electron chi connectivity index (χ3n) is 4.82. The first-order valence-corrected chi connectivity index (χ1v) is 9.18. The minimum atomic E-state index is -0.201. The highest BCUT2D eigenvalue weighted by Gasteiger charge is 2.21. The van der Waals surface area contributed by atoms with Crippen LogP contribution in [0.4, 0.5) is 16.0 Å².